The molecule has 0 aliphatic rings. The van der Waals surface area contributed by atoms with Crippen LogP contribution in [0.25, 0.3) is 0 Å². The lowest BCUT2D eigenvalue weighted by molar-refractivity contribution is 0.510. The Morgan fingerprint density at radius 2 is 1.79 bits per heavy atom. The van der Waals surface area contributed by atoms with Gasteiger partial charge in [0.2, 0.25) is 0 Å². The maximum atomic E-state index is 6.07. The van der Waals surface area contributed by atoms with Gasteiger partial charge in [0.15, 0.2) is 0 Å². The molecule has 0 heterocycles. The van der Waals surface area contributed by atoms with E-state index in [2.05, 4.69) is 20.8 Å². The van der Waals surface area contributed by atoms with Crippen molar-refractivity contribution in [3.05, 3.63) is 23.3 Å². The zero-order valence-electron chi connectivity index (χ0n) is 9.52. The second kappa shape index (κ2) is 3.52. The standard InChI is InChI=1S/C12H20N2/c1-5-12(3,4)10-9(13)7-6-8(2)11(10)14/h6-7H,5,13-14H2,1-4H3. The minimum Gasteiger partial charge on any atom is -0.398 e. The van der Waals surface area contributed by atoms with Crippen LogP contribution in [0.4, 0.5) is 11.4 Å². The molecule has 0 aromatic heterocycles. The third-order valence-electron chi connectivity index (χ3n) is 3.06. The van der Waals surface area contributed by atoms with Gasteiger partial charge in [-0.1, -0.05) is 26.8 Å². The first-order chi connectivity index (χ1) is 6.40. The zero-order chi connectivity index (χ0) is 10.9. The average molecular weight is 192 g/mol. The minimum atomic E-state index is 0.0557. The van der Waals surface area contributed by atoms with E-state index in [9.17, 15) is 0 Å². The molecule has 2 nitrogen and oxygen atoms in total. The van der Waals surface area contributed by atoms with Gasteiger partial charge in [-0.3, -0.25) is 0 Å². The maximum absolute atomic E-state index is 6.07. The Kier molecular flexibility index (Phi) is 2.74. The Morgan fingerprint density at radius 1 is 1.21 bits per heavy atom. The lowest BCUT2D eigenvalue weighted by atomic mass is 9.79. The highest BCUT2D eigenvalue weighted by molar-refractivity contribution is 5.67. The van der Waals surface area contributed by atoms with Crippen molar-refractivity contribution in [3.63, 3.8) is 0 Å². The van der Waals surface area contributed by atoms with Crippen molar-refractivity contribution in [2.24, 2.45) is 0 Å². The normalized spacial score (nSPS) is 11.7. The highest BCUT2D eigenvalue weighted by atomic mass is 14.6. The van der Waals surface area contributed by atoms with E-state index in [0.717, 1.165) is 28.9 Å². The molecule has 2 heteroatoms. The van der Waals surface area contributed by atoms with Gasteiger partial charge in [0, 0.05) is 16.9 Å². The monoisotopic (exact) mass is 192 g/mol. The number of hydrogen-bond acceptors (Lipinski definition) is 2. The third-order valence-corrected chi connectivity index (χ3v) is 3.06. The predicted octanol–water partition coefficient (Wildman–Crippen LogP) is 2.85. The van der Waals surface area contributed by atoms with Crippen molar-refractivity contribution in [2.75, 3.05) is 11.5 Å². The largest absolute Gasteiger partial charge is 0.398 e. The summed E-state index contributed by atoms with van der Waals surface area (Å²) < 4.78 is 0. The number of aryl methyl sites for hydroxylation is 1. The van der Waals surface area contributed by atoms with Crippen LogP contribution in [-0.4, -0.2) is 0 Å². The number of hydrogen-bond donors (Lipinski definition) is 2. The van der Waals surface area contributed by atoms with Crippen LogP contribution in [-0.2, 0) is 5.41 Å². The summed E-state index contributed by atoms with van der Waals surface area (Å²) in [4.78, 5) is 0. The van der Waals surface area contributed by atoms with Crippen LogP contribution in [0.3, 0.4) is 0 Å². The lowest BCUT2D eigenvalue weighted by Gasteiger charge is -2.27. The van der Waals surface area contributed by atoms with E-state index in [1.165, 1.54) is 0 Å². The fourth-order valence-electron chi connectivity index (χ4n) is 1.67. The molecule has 1 aromatic rings. The van der Waals surface area contributed by atoms with Crippen molar-refractivity contribution >= 4 is 11.4 Å². The van der Waals surface area contributed by atoms with Gasteiger partial charge < -0.3 is 11.5 Å². The van der Waals surface area contributed by atoms with Crippen LogP contribution in [0, 0.1) is 6.92 Å². The fraction of sp³-hybridized carbons (Fsp3) is 0.500. The smallest absolute Gasteiger partial charge is 0.0402 e. The Balaban J connectivity index is 3.40. The Hall–Kier alpha value is -1.18. The van der Waals surface area contributed by atoms with Crippen LogP contribution >= 0.6 is 0 Å². The van der Waals surface area contributed by atoms with E-state index in [1.54, 1.807) is 0 Å². The summed E-state index contributed by atoms with van der Waals surface area (Å²) in [7, 11) is 0. The van der Waals surface area contributed by atoms with E-state index >= 15 is 0 Å². The first-order valence-corrected chi connectivity index (χ1v) is 5.05. The number of benzene rings is 1. The molecule has 78 valence electrons. The first kappa shape index (κ1) is 10.9. The zero-order valence-corrected chi connectivity index (χ0v) is 9.52. The van der Waals surface area contributed by atoms with Crippen LogP contribution in [0.2, 0.25) is 0 Å². The van der Waals surface area contributed by atoms with E-state index in [4.69, 9.17) is 11.5 Å². The Bertz CT molecular complexity index is 340. The average Bonchev–Trinajstić information content (AvgIpc) is 2.12. The predicted molar refractivity (Wildman–Crippen MR) is 63.3 cm³/mol. The summed E-state index contributed by atoms with van der Waals surface area (Å²) in [6, 6.07) is 3.92. The molecule has 4 N–H and O–H groups in total. The summed E-state index contributed by atoms with van der Waals surface area (Å²) in [6.45, 7) is 8.52. The van der Waals surface area contributed by atoms with Gasteiger partial charge in [-0.2, -0.15) is 0 Å². The molecule has 0 aliphatic heterocycles. The third kappa shape index (κ3) is 1.69. The topological polar surface area (TPSA) is 52.0 Å². The van der Waals surface area contributed by atoms with Crippen molar-refractivity contribution in [1.29, 1.82) is 0 Å². The number of nitrogens with two attached hydrogens (primary N) is 2. The van der Waals surface area contributed by atoms with Crippen molar-refractivity contribution in [3.8, 4) is 0 Å². The quantitative estimate of drug-likeness (QED) is 0.708. The molecule has 0 aliphatic carbocycles. The second-order valence-electron chi connectivity index (χ2n) is 4.50. The number of nitrogen functional groups attached to an aromatic ring is 2. The second-order valence-corrected chi connectivity index (χ2v) is 4.50. The lowest BCUT2D eigenvalue weighted by Crippen LogP contribution is -2.20. The van der Waals surface area contributed by atoms with E-state index in [1.807, 2.05) is 19.1 Å². The van der Waals surface area contributed by atoms with E-state index < -0.39 is 0 Å². The summed E-state index contributed by atoms with van der Waals surface area (Å²) in [5.41, 5.74) is 15.9. The van der Waals surface area contributed by atoms with Crippen molar-refractivity contribution in [1.82, 2.24) is 0 Å². The molecule has 0 spiro atoms. The molecule has 0 saturated heterocycles. The summed E-state index contributed by atoms with van der Waals surface area (Å²) in [6.07, 6.45) is 1.03. The summed E-state index contributed by atoms with van der Waals surface area (Å²) in [5.74, 6) is 0. The molecular formula is C12H20N2. The van der Waals surface area contributed by atoms with Gasteiger partial charge in [0.25, 0.3) is 0 Å². The SMILES string of the molecule is CCC(C)(C)c1c(N)ccc(C)c1N. The van der Waals surface area contributed by atoms with Crippen LogP contribution in [0.15, 0.2) is 12.1 Å². The molecule has 1 aromatic carbocycles. The molecule has 0 atom stereocenters. The number of anilines is 2. The van der Waals surface area contributed by atoms with Crippen LogP contribution in [0.1, 0.15) is 38.3 Å². The summed E-state index contributed by atoms with van der Waals surface area (Å²) >= 11 is 0. The van der Waals surface area contributed by atoms with Gasteiger partial charge >= 0.3 is 0 Å². The highest BCUT2D eigenvalue weighted by Crippen LogP contribution is 2.36. The van der Waals surface area contributed by atoms with Crippen LogP contribution in [0.5, 0.6) is 0 Å². The maximum Gasteiger partial charge on any atom is 0.0402 e. The molecule has 0 radical (unpaired) electrons. The van der Waals surface area contributed by atoms with E-state index in [-0.39, 0.29) is 5.41 Å². The molecule has 14 heavy (non-hydrogen) atoms. The highest BCUT2D eigenvalue weighted by Gasteiger charge is 2.23. The van der Waals surface area contributed by atoms with Gasteiger partial charge in [0.05, 0.1) is 0 Å². The molecule has 0 bridgehead atoms. The molecule has 0 fully saturated rings. The Morgan fingerprint density at radius 3 is 2.29 bits per heavy atom. The minimum absolute atomic E-state index is 0.0557. The number of rotatable bonds is 2. The van der Waals surface area contributed by atoms with Gasteiger partial charge in [-0.05, 0) is 30.4 Å². The van der Waals surface area contributed by atoms with Gasteiger partial charge in [0.1, 0.15) is 0 Å². The molecule has 0 saturated carbocycles. The van der Waals surface area contributed by atoms with Crippen molar-refractivity contribution in [2.45, 2.75) is 39.5 Å². The Labute approximate surface area is 86.3 Å². The van der Waals surface area contributed by atoms with Crippen molar-refractivity contribution < 1.29 is 0 Å². The fourth-order valence-corrected chi connectivity index (χ4v) is 1.67. The molecular weight excluding hydrogens is 172 g/mol. The molecule has 1 rings (SSSR count). The van der Waals surface area contributed by atoms with Gasteiger partial charge in [-0.15, -0.1) is 0 Å². The molecule has 0 unspecified atom stereocenters. The van der Waals surface area contributed by atoms with Gasteiger partial charge in [-0.25, -0.2) is 0 Å². The first-order valence-electron chi connectivity index (χ1n) is 5.05. The van der Waals surface area contributed by atoms with E-state index in [0.29, 0.717) is 0 Å². The summed E-state index contributed by atoms with van der Waals surface area (Å²) in [5, 5.41) is 0. The van der Waals surface area contributed by atoms with Crippen LogP contribution < -0.4 is 11.5 Å². The molecule has 0 amide bonds.